The van der Waals surface area contributed by atoms with Crippen molar-refractivity contribution in [1.29, 1.82) is 0 Å². The Labute approximate surface area is 218 Å². The topological polar surface area (TPSA) is 4.44 Å². The van der Waals surface area contributed by atoms with Crippen molar-refractivity contribution in [3.63, 3.8) is 0 Å². The summed E-state index contributed by atoms with van der Waals surface area (Å²) in [4.78, 5) is 1.42. The van der Waals surface area contributed by atoms with Gasteiger partial charge in [-0.1, -0.05) is 122 Å². The summed E-state index contributed by atoms with van der Waals surface area (Å²) in [5.41, 5.74) is 0. The van der Waals surface area contributed by atoms with E-state index in [1.54, 1.807) is 0 Å². The summed E-state index contributed by atoms with van der Waals surface area (Å²) in [7, 11) is 13.2. The average Bonchev–Trinajstić information content (AvgIpc) is 2.65. The van der Waals surface area contributed by atoms with E-state index in [2.05, 4.69) is 49.2 Å². The molecular weight excluding hydrogens is 435 g/mol. The summed E-state index contributed by atoms with van der Waals surface area (Å²) >= 11 is 0. The van der Waals surface area contributed by atoms with Gasteiger partial charge in [0.15, 0.2) is 0 Å². The van der Waals surface area contributed by atoms with E-state index in [1.807, 2.05) is 0 Å². The summed E-state index contributed by atoms with van der Waals surface area (Å²) in [6.07, 6.45) is 29.3. The molecule has 4 heteroatoms. The normalized spacial score (nSPS) is 10.9. The Morgan fingerprint density at radius 2 is 0.594 bits per heavy atom. The van der Waals surface area contributed by atoms with Gasteiger partial charge in [-0.3, -0.25) is 0 Å². The highest BCUT2D eigenvalue weighted by molar-refractivity contribution is 4.50. The van der Waals surface area contributed by atoms with Crippen molar-refractivity contribution < 1.29 is 34.2 Å². The SMILES string of the molecule is CCCCCCCCCCCCCCCCCCCCCC[N+](C)(C)C.C[NH+](C)C.[Cl-].[Cl-]. The quantitative estimate of drug-likeness (QED) is 0.179. The Morgan fingerprint density at radius 1 is 0.406 bits per heavy atom. The molecule has 0 rings (SSSR count). The number of unbranched alkanes of at least 4 members (excludes halogenated alkanes) is 19. The van der Waals surface area contributed by atoms with Crippen LogP contribution in [0.15, 0.2) is 0 Å². The van der Waals surface area contributed by atoms with Crippen molar-refractivity contribution in [1.82, 2.24) is 0 Å². The van der Waals surface area contributed by atoms with Crippen molar-refractivity contribution in [3.8, 4) is 0 Å². The maximum absolute atomic E-state index is 2.30. The van der Waals surface area contributed by atoms with Gasteiger partial charge in [-0.2, -0.15) is 0 Å². The van der Waals surface area contributed by atoms with E-state index in [-0.39, 0.29) is 24.8 Å². The fourth-order valence-electron chi connectivity index (χ4n) is 3.84. The van der Waals surface area contributed by atoms with Crippen LogP contribution >= 0.6 is 0 Å². The van der Waals surface area contributed by atoms with Gasteiger partial charge < -0.3 is 34.2 Å². The minimum absolute atomic E-state index is 0. The molecule has 0 amide bonds. The van der Waals surface area contributed by atoms with E-state index >= 15 is 0 Å². The maximum Gasteiger partial charge on any atom is 0.0780 e. The monoisotopic (exact) mass is 498 g/mol. The highest BCUT2D eigenvalue weighted by Gasteiger charge is 2.04. The first-order valence-electron chi connectivity index (χ1n) is 13.9. The molecule has 0 radical (unpaired) electrons. The molecule has 200 valence electrons. The zero-order valence-corrected chi connectivity index (χ0v) is 25.1. The summed E-state index contributed by atoms with van der Waals surface area (Å²) in [6, 6.07) is 0. The second-order valence-corrected chi connectivity index (χ2v) is 11.2. The molecule has 0 aliphatic rings. The van der Waals surface area contributed by atoms with E-state index in [1.165, 1.54) is 140 Å². The van der Waals surface area contributed by atoms with E-state index in [0.29, 0.717) is 0 Å². The van der Waals surface area contributed by atoms with Crippen LogP contribution in [-0.2, 0) is 0 Å². The molecule has 0 saturated carbocycles. The summed E-state index contributed by atoms with van der Waals surface area (Å²) in [5.74, 6) is 0. The Morgan fingerprint density at radius 3 is 0.781 bits per heavy atom. The molecule has 0 heterocycles. The molecule has 0 saturated heterocycles. The summed E-state index contributed by atoms with van der Waals surface area (Å²) < 4.78 is 1.12. The van der Waals surface area contributed by atoms with Gasteiger partial charge in [0.25, 0.3) is 0 Å². The number of halogens is 2. The third-order valence-electron chi connectivity index (χ3n) is 5.68. The molecule has 0 spiro atoms. The van der Waals surface area contributed by atoms with Gasteiger partial charge in [0.1, 0.15) is 0 Å². The molecule has 0 bridgehead atoms. The van der Waals surface area contributed by atoms with Crippen LogP contribution < -0.4 is 29.7 Å². The molecule has 0 aromatic rings. The van der Waals surface area contributed by atoms with Crippen molar-refractivity contribution in [2.45, 2.75) is 135 Å². The van der Waals surface area contributed by atoms with Gasteiger partial charge in [-0.05, 0) is 12.8 Å². The van der Waals surface area contributed by atoms with Crippen molar-refractivity contribution in [2.75, 3.05) is 48.8 Å². The maximum atomic E-state index is 2.30. The second-order valence-electron chi connectivity index (χ2n) is 11.2. The molecule has 0 atom stereocenters. The average molecular weight is 500 g/mol. The number of quaternary nitrogens is 2. The van der Waals surface area contributed by atoms with Crippen LogP contribution in [0.3, 0.4) is 0 Å². The Hall–Kier alpha value is 0.500. The molecule has 0 aliphatic heterocycles. The van der Waals surface area contributed by atoms with Crippen LogP contribution in [-0.4, -0.2) is 53.3 Å². The lowest BCUT2D eigenvalue weighted by Gasteiger charge is -2.23. The van der Waals surface area contributed by atoms with Crippen molar-refractivity contribution in [2.24, 2.45) is 0 Å². The smallest absolute Gasteiger partial charge is 0.0780 e. The standard InChI is InChI=1S/C25H54N.C3H9N.2ClH/c1-5-6-7-8-9-10-11-12-13-14-15-16-17-18-19-20-21-22-23-24-25-26(2,3)4;1-4(2)3;;/h5-25H2,1-4H3;1-3H3;2*1H/q+1;;;/p-1. The Kier molecular flexibility index (Phi) is 39.1. The van der Waals surface area contributed by atoms with Crippen LogP contribution in [0, 0.1) is 0 Å². The molecule has 0 unspecified atom stereocenters. The van der Waals surface area contributed by atoms with Crippen LogP contribution in [0.4, 0.5) is 0 Å². The number of nitrogens with one attached hydrogen (secondary N) is 1. The molecule has 32 heavy (non-hydrogen) atoms. The van der Waals surface area contributed by atoms with Gasteiger partial charge >= 0.3 is 0 Å². The van der Waals surface area contributed by atoms with Crippen molar-refractivity contribution >= 4 is 0 Å². The first kappa shape index (κ1) is 39.7. The van der Waals surface area contributed by atoms with Gasteiger partial charge in [0, 0.05) is 0 Å². The number of nitrogens with zero attached hydrogens (tertiary/aromatic N) is 1. The Bertz CT molecular complexity index is 302. The minimum atomic E-state index is 0. The van der Waals surface area contributed by atoms with E-state index < -0.39 is 0 Å². The minimum Gasteiger partial charge on any atom is -1.00 e. The highest BCUT2D eigenvalue weighted by Crippen LogP contribution is 2.14. The summed E-state index contributed by atoms with van der Waals surface area (Å²) in [6.45, 7) is 3.63. The summed E-state index contributed by atoms with van der Waals surface area (Å²) in [5, 5.41) is 0. The third kappa shape index (κ3) is 48.1. The van der Waals surface area contributed by atoms with Gasteiger partial charge in [0.05, 0.1) is 48.8 Å². The van der Waals surface area contributed by atoms with Gasteiger partial charge in [-0.15, -0.1) is 0 Å². The fourth-order valence-corrected chi connectivity index (χ4v) is 3.84. The molecule has 1 N–H and O–H groups in total. The molecule has 0 aliphatic carbocycles. The van der Waals surface area contributed by atoms with Crippen molar-refractivity contribution in [3.05, 3.63) is 0 Å². The lowest BCUT2D eigenvalue weighted by atomic mass is 10.0. The van der Waals surface area contributed by atoms with Crippen LogP contribution in [0.5, 0.6) is 0 Å². The first-order chi connectivity index (χ1) is 14.3. The van der Waals surface area contributed by atoms with Crippen LogP contribution in [0.2, 0.25) is 0 Å². The molecule has 0 aromatic carbocycles. The fraction of sp³-hybridized carbons (Fsp3) is 1.00. The predicted molar refractivity (Wildman–Crippen MR) is 140 cm³/mol. The van der Waals surface area contributed by atoms with Gasteiger partial charge in [0.2, 0.25) is 0 Å². The van der Waals surface area contributed by atoms with Gasteiger partial charge in [-0.25, -0.2) is 0 Å². The van der Waals surface area contributed by atoms with E-state index in [4.69, 9.17) is 0 Å². The van der Waals surface area contributed by atoms with E-state index in [9.17, 15) is 0 Å². The largest absolute Gasteiger partial charge is 1.00 e. The number of hydrogen-bond acceptors (Lipinski definition) is 0. The number of rotatable bonds is 21. The lowest BCUT2D eigenvalue weighted by Crippen LogP contribution is -3.02. The van der Waals surface area contributed by atoms with Crippen LogP contribution in [0.1, 0.15) is 135 Å². The lowest BCUT2D eigenvalue weighted by molar-refractivity contribution is -0.870. The Balaban J connectivity index is -0.000000598. The van der Waals surface area contributed by atoms with Crippen LogP contribution in [0.25, 0.3) is 0 Å². The van der Waals surface area contributed by atoms with E-state index in [0.717, 1.165) is 4.48 Å². The number of hydrogen-bond donors (Lipinski definition) is 1. The molecular formula is C28H64Cl2N2. The second kappa shape index (κ2) is 31.5. The third-order valence-corrected chi connectivity index (χ3v) is 5.68. The zero-order chi connectivity index (χ0) is 22.9. The highest BCUT2D eigenvalue weighted by atomic mass is 35.5. The predicted octanol–water partition coefficient (Wildman–Crippen LogP) is 1.28. The molecule has 0 fully saturated rings. The first-order valence-corrected chi connectivity index (χ1v) is 13.9. The molecule has 0 aromatic heterocycles. The zero-order valence-electron chi connectivity index (χ0n) is 23.6. The molecule has 2 nitrogen and oxygen atoms in total.